The van der Waals surface area contributed by atoms with Crippen molar-refractivity contribution in [3.8, 4) is 0 Å². The second-order valence-electron chi connectivity index (χ2n) is 6.07. The average Bonchev–Trinajstić information content (AvgIpc) is 2.48. The molecule has 1 aliphatic heterocycles. The van der Waals surface area contributed by atoms with Gasteiger partial charge >= 0.3 is 0 Å². The van der Waals surface area contributed by atoms with Crippen LogP contribution in [0.3, 0.4) is 0 Å². The number of rotatable bonds is 3. The first-order chi connectivity index (χ1) is 9.61. The monoisotopic (exact) mass is 317 g/mol. The summed E-state index contributed by atoms with van der Waals surface area (Å²) in [5.74, 6) is 0.127. The predicted octanol–water partition coefficient (Wildman–Crippen LogP) is 1.59. The Morgan fingerprint density at radius 2 is 1.81 bits per heavy atom. The van der Waals surface area contributed by atoms with Gasteiger partial charge in [-0.15, -0.1) is 12.4 Å². The summed E-state index contributed by atoms with van der Waals surface area (Å²) >= 11 is 0. The van der Waals surface area contributed by atoms with Gasteiger partial charge in [-0.05, 0) is 44.9 Å². The van der Waals surface area contributed by atoms with Gasteiger partial charge < -0.3 is 16.0 Å². The Morgan fingerprint density at radius 1 is 1.14 bits per heavy atom. The Labute approximate surface area is 133 Å². The van der Waals surface area contributed by atoms with Crippen molar-refractivity contribution >= 4 is 24.2 Å². The SMILES string of the molecule is CCC(=O)N1CCCCC1C(=O)NC1CCC(N)CC1.Cl. The van der Waals surface area contributed by atoms with E-state index in [9.17, 15) is 9.59 Å². The summed E-state index contributed by atoms with van der Waals surface area (Å²) in [5.41, 5.74) is 5.88. The first kappa shape index (κ1) is 18.2. The number of carbonyl (C=O) groups excluding carboxylic acids is 2. The Bertz CT molecular complexity index is 357. The number of carbonyl (C=O) groups is 2. The van der Waals surface area contributed by atoms with Gasteiger partial charge in [-0.25, -0.2) is 0 Å². The third-order valence-electron chi connectivity index (χ3n) is 4.55. The number of hydrogen-bond acceptors (Lipinski definition) is 3. The van der Waals surface area contributed by atoms with E-state index in [2.05, 4.69) is 5.32 Å². The van der Waals surface area contributed by atoms with E-state index in [4.69, 9.17) is 5.73 Å². The molecule has 1 atom stereocenters. The molecule has 6 heteroatoms. The molecule has 0 bridgehead atoms. The Hall–Kier alpha value is -0.810. The summed E-state index contributed by atoms with van der Waals surface area (Å²) in [6, 6.07) is 0.269. The van der Waals surface area contributed by atoms with E-state index in [-0.39, 0.29) is 42.3 Å². The van der Waals surface area contributed by atoms with E-state index < -0.39 is 0 Å². The fourth-order valence-corrected chi connectivity index (χ4v) is 3.27. The maximum atomic E-state index is 12.4. The molecule has 122 valence electrons. The van der Waals surface area contributed by atoms with E-state index >= 15 is 0 Å². The van der Waals surface area contributed by atoms with Crippen LogP contribution in [0, 0.1) is 0 Å². The van der Waals surface area contributed by atoms with E-state index in [1.54, 1.807) is 4.90 Å². The summed E-state index contributed by atoms with van der Waals surface area (Å²) in [7, 11) is 0. The number of nitrogens with two attached hydrogens (primary N) is 1. The van der Waals surface area contributed by atoms with Gasteiger partial charge in [0, 0.05) is 25.0 Å². The van der Waals surface area contributed by atoms with Crippen LogP contribution in [0.25, 0.3) is 0 Å². The third-order valence-corrected chi connectivity index (χ3v) is 4.55. The lowest BCUT2D eigenvalue weighted by Crippen LogP contribution is -2.54. The van der Waals surface area contributed by atoms with Crippen LogP contribution in [0.4, 0.5) is 0 Å². The predicted molar refractivity (Wildman–Crippen MR) is 85.3 cm³/mol. The number of halogens is 1. The molecule has 1 unspecified atom stereocenters. The lowest BCUT2D eigenvalue weighted by atomic mass is 9.91. The smallest absolute Gasteiger partial charge is 0.243 e. The minimum absolute atomic E-state index is 0. The second-order valence-corrected chi connectivity index (χ2v) is 6.07. The molecule has 0 radical (unpaired) electrons. The summed E-state index contributed by atoms with van der Waals surface area (Å²) in [6.45, 7) is 2.58. The maximum absolute atomic E-state index is 12.4. The third kappa shape index (κ3) is 4.85. The quantitative estimate of drug-likeness (QED) is 0.830. The van der Waals surface area contributed by atoms with Crippen molar-refractivity contribution in [2.45, 2.75) is 76.4 Å². The van der Waals surface area contributed by atoms with Crippen LogP contribution in [0.15, 0.2) is 0 Å². The molecule has 0 aromatic heterocycles. The summed E-state index contributed by atoms with van der Waals surface area (Å²) < 4.78 is 0. The highest BCUT2D eigenvalue weighted by molar-refractivity contribution is 5.88. The molecule has 21 heavy (non-hydrogen) atoms. The molecule has 2 amide bonds. The first-order valence-electron chi connectivity index (χ1n) is 7.97. The highest BCUT2D eigenvalue weighted by atomic mass is 35.5. The highest BCUT2D eigenvalue weighted by Crippen LogP contribution is 2.21. The van der Waals surface area contributed by atoms with E-state index in [1.807, 2.05) is 6.92 Å². The van der Waals surface area contributed by atoms with Crippen LogP contribution >= 0.6 is 12.4 Å². The first-order valence-corrected chi connectivity index (χ1v) is 7.97. The van der Waals surface area contributed by atoms with Crippen molar-refractivity contribution in [1.82, 2.24) is 10.2 Å². The molecule has 3 N–H and O–H groups in total. The van der Waals surface area contributed by atoms with Gasteiger partial charge in [0.25, 0.3) is 0 Å². The zero-order valence-electron chi connectivity index (χ0n) is 12.8. The standard InChI is InChI=1S/C15H27N3O2.ClH/c1-2-14(19)18-10-4-3-5-13(18)15(20)17-12-8-6-11(16)7-9-12;/h11-13H,2-10,16H2,1H3,(H,17,20);1H. The van der Waals surface area contributed by atoms with Gasteiger partial charge in [0.05, 0.1) is 0 Å². The summed E-state index contributed by atoms with van der Waals surface area (Å²) in [6.07, 6.45) is 7.18. The summed E-state index contributed by atoms with van der Waals surface area (Å²) in [5, 5.41) is 3.13. The highest BCUT2D eigenvalue weighted by Gasteiger charge is 2.32. The van der Waals surface area contributed by atoms with Crippen LogP contribution in [0.2, 0.25) is 0 Å². The second kappa shape index (κ2) is 8.59. The van der Waals surface area contributed by atoms with Crippen LogP contribution in [-0.2, 0) is 9.59 Å². The van der Waals surface area contributed by atoms with Crippen LogP contribution in [0.1, 0.15) is 58.3 Å². The van der Waals surface area contributed by atoms with Crippen molar-refractivity contribution < 1.29 is 9.59 Å². The van der Waals surface area contributed by atoms with Gasteiger partial charge in [0.1, 0.15) is 6.04 Å². The molecular weight excluding hydrogens is 290 g/mol. The van der Waals surface area contributed by atoms with Gasteiger partial charge in [-0.1, -0.05) is 6.92 Å². The fourth-order valence-electron chi connectivity index (χ4n) is 3.27. The van der Waals surface area contributed by atoms with Crippen molar-refractivity contribution in [2.24, 2.45) is 5.73 Å². The molecule has 1 heterocycles. The topological polar surface area (TPSA) is 75.4 Å². The van der Waals surface area contributed by atoms with Gasteiger partial charge in [0.2, 0.25) is 11.8 Å². The molecular formula is C15H28ClN3O2. The van der Waals surface area contributed by atoms with Gasteiger partial charge in [0.15, 0.2) is 0 Å². The van der Waals surface area contributed by atoms with Crippen molar-refractivity contribution in [3.05, 3.63) is 0 Å². The zero-order valence-corrected chi connectivity index (χ0v) is 13.7. The molecule has 2 rings (SSSR count). The molecule has 0 aromatic rings. The van der Waals surface area contributed by atoms with Crippen molar-refractivity contribution in [1.29, 1.82) is 0 Å². The zero-order chi connectivity index (χ0) is 14.5. The Balaban J connectivity index is 0.00000220. The maximum Gasteiger partial charge on any atom is 0.243 e. The molecule has 1 saturated heterocycles. The van der Waals surface area contributed by atoms with Crippen LogP contribution in [-0.4, -0.2) is 41.4 Å². The molecule has 1 aliphatic carbocycles. The number of piperidine rings is 1. The number of nitrogens with zero attached hydrogens (tertiary/aromatic N) is 1. The van der Waals surface area contributed by atoms with E-state index in [0.717, 1.165) is 51.5 Å². The van der Waals surface area contributed by atoms with Crippen molar-refractivity contribution in [3.63, 3.8) is 0 Å². The lowest BCUT2D eigenvalue weighted by Gasteiger charge is -2.36. The number of amides is 2. The molecule has 2 fully saturated rings. The normalized spacial score (nSPS) is 29.4. The molecule has 0 spiro atoms. The molecule has 1 saturated carbocycles. The minimum atomic E-state index is -0.258. The van der Waals surface area contributed by atoms with Crippen molar-refractivity contribution in [2.75, 3.05) is 6.54 Å². The van der Waals surface area contributed by atoms with Gasteiger partial charge in [-0.3, -0.25) is 9.59 Å². The summed E-state index contributed by atoms with van der Waals surface area (Å²) in [4.78, 5) is 26.2. The van der Waals surface area contributed by atoms with E-state index in [1.165, 1.54) is 0 Å². The van der Waals surface area contributed by atoms with Crippen LogP contribution in [0.5, 0.6) is 0 Å². The van der Waals surface area contributed by atoms with Crippen LogP contribution < -0.4 is 11.1 Å². The fraction of sp³-hybridized carbons (Fsp3) is 0.867. The van der Waals surface area contributed by atoms with E-state index in [0.29, 0.717) is 6.42 Å². The minimum Gasteiger partial charge on any atom is -0.352 e. The number of nitrogens with one attached hydrogen (secondary N) is 1. The van der Waals surface area contributed by atoms with Gasteiger partial charge in [-0.2, -0.15) is 0 Å². The number of likely N-dealkylation sites (tertiary alicyclic amines) is 1. The molecule has 2 aliphatic rings. The Morgan fingerprint density at radius 3 is 2.43 bits per heavy atom. The largest absolute Gasteiger partial charge is 0.352 e. The number of hydrogen-bond donors (Lipinski definition) is 2. The molecule has 5 nitrogen and oxygen atoms in total. The lowest BCUT2D eigenvalue weighted by molar-refractivity contribution is -0.142. The molecule has 0 aromatic carbocycles. The Kier molecular flexibility index (Phi) is 7.46. The average molecular weight is 318 g/mol.